The number of benzene rings is 2. The molecule has 24 heavy (non-hydrogen) atoms. The van der Waals surface area contributed by atoms with Crippen LogP contribution in [0.1, 0.15) is 5.56 Å². The van der Waals surface area contributed by atoms with Gasteiger partial charge in [-0.2, -0.15) is 0 Å². The number of nitrogens with zero attached hydrogens (tertiary/aromatic N) is 1. The highest BCUT2D eigenvalue weighted by atomic mass is 16.5. The van der Waals surface area contributed by atoms with E-state index in [-0.39, 0.29) is 5.63 Å². The molecule has 0 aliphatic carbocycles. The summed E-state index contributed by atoms with van der Waals surface area (Å²) in [6.07, 6.45) is 0. The van der Waals surface area contributed by atoms with Gasteiger partial charge in [-0.25, -0.2) is 4.79 Å². The van der Waals surface area contributed by atoms with Gasteiger partial charge in [0.2, 0.25) is 0 Å². The lowest BCUT2D eigenvalue weighted by Gasteiger charge is -2.31. The van der Waals surface area contributed by atoms with E-state index >= 15 is 0 Å². The van der Waals surface area contributed by atoms with Crippen molar-refractivity contribution >= 4 is 16.7 Å². The van der Waals surface area contributed by atoms with E-state index in [1.807, 2.05) is 36.4 Å². The van der Waals surface area contributed by atoms with Crippen LogP contribution in [0.2, 0.25) is 0 Å². The van der Waals surface area contributed by atoms with E-state index in [4.69, 9.17) is 13.9 Å². The molecule has 0 saturated carbocycles. The van der Waals surface area contributed by atoms with Gasteiger partial charge in [0, 0.05) is 24.1 Å². The summed E-state index contributed by atoms with van der Waals surface area (Å²) in [6.45, 7) is 2.02. The first kappa shape index (κ1) is 14.6. The second-order valence-corrected chi connectivity index (χ2v) is 5.69. The fourth-order valence-electron chi connectivity index (χ4n) is 3.06. The molecule has 2 aromatic carbocycles. The highest BCUT2D eigenvalue weighted by molar-refractivity contribution is 5.82. The molecule has 2 heterocycles. The summed E-state index contributed by atoms with van der Waals surface area (Å²) in [6, 6.07) is 15.1. The zero-order valence-electron chi connectivity index (χ0n) is 13.3. The number of fused-ring (bicyclic) bond motifs is 2. The lowest BCUT2D eigenvalue weighted by atomic mass is 10.1. The number of para-hydroxylation sites is 2. The van der Waals surface area contributed by atoms with Gasteiger partial charge in [-0.1, -0.05) is 12.1 Å². The third kappa shape index (κ3) is 2.58. The fraction of sp³-hybridized carbons (Fsp3) is 0.211. The van der Waals surface area contributed by atoms with E-state index in [0.29, 0.717) is 24.5 Å². The van der Waals surface area contributed by atoms with Crippen LogP contribution in [0.15, 0.2) is 57.7 Å². The highest BCUT2D eigenvalue weighted by Crippen LogP contribution is 2.33. The quantitative estimate of drug-likeness (QED) is 0.693. The molecule has 0 bridgehead atoms. The number of hydrogen-bond acceptors (Lipinski definition) is 5. The molecule has 0 N–H and O–H groups in total. The number of methoxy groups -OCH3 is 1. The van der Waals surface area contributed by atoms with Crippen LogP contribution in [0.25, 0.3) is 11.0 Å². The van der Waals surface area contributed by atoms with Crippen LogP contribution in [0, 0.1) is 0 Å². The largest absolute Gasteiger partial charge is 0.497 e. The standard InChI is InChI=1S/C19H17NO4/c1-22-14-6-7-15-13(10-19(21)24-18(15)11-14)12-20-8-9-23-17-5-3-2-4-16(17)20/h2-7,10-11H,8-9,12H2,1H3. The van der Waals surface area contributed by atoms with E-state index < -0.39 is 0 Å². The van der Waals surface area contributed by atoms with Crippen molar-refractivity contribution in [2.45, 2.75) is 6.54 Å². The van der Waals surface area contributed by atoms with Crippen LogP contribution >= 0.6 is 0 Å². The molecular weight excluding hydrogens is 306 g/mol. The van der Waals surface area contributed by atoms with Gasteiger partial charge in [0.15, 0.2) is 0 Å². The summed E-state index contributed by atoms with van der Waals surface area (Å²) in [5, 5.41) is 0.916. The van der Waals surface area contributed by atoms with Crippen molar-refractivity contribution in [1.82, 2.24) is 0 Å². The van der Waals surface area contributed by atoms with Gasteiger partial charge in [-0.15, -0.1) is 0 Å². The molecule has 122 valence electrons. The van der Waals surface area contributed by atoms with Crippen molar-refractivity contribution in [3.8, 4) is 11.5 Å². The second-order valence-electron chi connectivity index (χ2n) is 5.69. The first-order valence-corrected chi connectivity index (χ1v) is 7.82. The lowest BCUT2D eigenvalue weighted by Crippen LogP contribution is -2.32. The smallest absolute Gasteiger partial charge is 0.336 e. The minimum Gasteiger partial charge on any atom is -0.497 e. The lowest BCUT2D eigenvalue weighted by molar-refractivity contribution is 0.307. The first-order valence-electron chi connectivity index (χ1n) is 7.82. The van der Waals surface area contributed by atoms with Gasteiger partial charge in [-0.05, 0) is 29.8 Å². The van der Waals surface area contributed by atoms with Gasteiger partial charge in [0.05, 0.1) is 19.3 Å². The molecule has 0 unspecified atom stereocenters. The number of hydrogen-bond donors (Lipinski definition) is 0. The average Bonchev–Trinajstić information content (AvgIpc) is 2.61. The Morgan fingerprint density at radius 3 is 2.92 bits per heavy atom. The van der Waals surface area contributed by atoms with Gasteiger partial charge in [0.1, 0.15) is 23.7 Å². The zero-order chi connectivity index (χ0) is 16.5. The molecule has 0 radical (unpaired) electrons. The third-order valence-corrected chi connectivity index (χ3v) is 4.22. The van der Waals surface area contributed by atoms with Gasteiger partial charge in [0.25, 0.3) is 0 Å². The Bertz CT molecular complexity index is 947. The summed E-state index contributed by atoms with van der Waals surface area (Å²) in [5.74, 6) is 1.54. The molecule has 5 heteroatoms. The summed E-state index contributed by atoms with van der Waals surface area (Å²) in [7, 11) is 1.59. The van der Waals surface area contributed by atoms with Gasteiger partial charge >= 0.3 is 5.63 Å². The van der Waals surface area contributed by atoms with Crippen molar-refractivity contribution in [3.05, 3.63) is 64.5 Å². The molecule has 0 fully saturated rings. The number of rotatable bonds is 3. The molecule has 1 aliphatic heterocycles. The molecule has 0 atom stereocenters. The monoisotopic (exact) mass is 323 g/mol. The van der Waals surface area contributed by atoms with E-state index in [1.165, 1.54) is 0 Å². The summed E-state index contributed by atoms with van der Waals surface area (Å²) >= 11 is 0. The Balaban J connectivity index is 1.77. The van der Waals surface area contributed by atoms with E-state index in [9.17, 15) is 4.79 Å². The molecule has 0 saturated heterocycles. The molecule has 1 aromatic heterocycles. The normalized spacial score (nSPS) is 13.5. The van der Waals surface area contributed by atoms with Crippen LogP contribution in [-0.2, 0) is 6.54 Å². The summed E-state index contributed by atoms with van der Waals surface area (Å²) in [5.41, 5.74) is 2.16. The Labute approximate surface area is 139 Å². The minimum atomic E-state index is -0.354. The van der Waals surface area contributed by atoms with Crippen LogP contribution < -0.4 is 20.0 Å². The van der Waals surface area contributed by atoms with Crippen molar-refractivity contribution < 1.29 is 13.9 Å². The van der Waals surface area contributed by atoms with E-state index in [0.717, 1.165) is 28.9 Å². The van der Waals surface area contributed by atoms with Crippen molar-refractivity contribution in [1.29, 1.82) is 0 Å². The topological polar surface area (TPSA) is 51.9 Å². The third-order valence-electron chi connectivity index (χ3n) is 4.22. The summed E-state index contributed by atoms with van der Waals surface area (Å²) < 4.78 is 16.2. The molecule has 1 aliphatic rings. The Hall–Kier alpha value is -2.95. The van der Waals surface area contributed by atoms with Crippen LogP contribution in [0.4, 0.5) is 5.69 Å². The SMILES string of the molecule is COc1ccc2c(CN3CCOc4ccccc43)cc(=O)oc2c1. The minimum absolute atomic E-state index is 0.354. The molecule has 3 aromatic rings. The molecule has 0 amide bonds. The van der Waals surface area contributed by atoms with Crippen LogP contribution in [-0.4, -0.2) is 20.3 Å². The highest BCUT2D eigenvalue weighted by Gasteiger charge is 2.19. The molecule has 4 rings (SSSR count). The predicted octanol–water partition coefficient (Wildman–Crippen LogP) is 3.20. The Morgan fingerprint density at radius 1 is 1.17 bits per heavy atom. The second kappa shape index (κ2) is 5.92. The number of ether oxygens (including phenoxy) is 2. The first-order chi connectivity index (χ1) is 11.7. The van der Waals surface area contributed by atoms with E-state index in [1.54, 1.807) is 19.2 Å². The molecule has 5 nitrogen and oxygen atoms in total. The zero-order valence-corrected chi connectivity index (χ0v) is 13.3. The van der Waals surface area contributed by atoms with Crippen LogP contribution in [0.5, 0.6) is 11.5 Å². The maximum absolute atomic E-state index is 11.9. The maximum Gasteiger partial charge on any atom is 0.336 e. The average molecular weight is 323 g/mol. The van der Waals surface area contributed by atoms with Crippen molar-refractivity contribution in [3.63, 3.8) is 0 Å². The summed E-state index contributed by atoms with van der Waals surface area (Å²) in [4.78, 5) is 14.2. The van der Waals surface area contributed by atoms with Gasteiger partial charge in [-0.3, -0.25) is 0 Å². The number of anilines is 1. The van der Waals surface area contributed by atoms with Crippen molar-refractivity contribution in [2.24, 2.45) is 0 Å². The van der Waals surface area contributed by atoms with Crippen LogP contribution in [0.3, 0.4) is 0 Å². The fourth-order valence-corrected chi connectivity index (χ4v) is 3.06. The van der Waals surface area contributed by atoms with E-state index in [2.05, 4.69) is 4.90 Å². The predicted molar refractivity (Wildman–Crippen MR) is 92.0 cm³/mol. The Kier molecular flexibility index (Phi) is 3.61. The molecular formula is C19H17NO4. The van der Waals surface area contributed by atoms with Gasteiger partial charge < -0.3 is 18.8 Å². The Morgan fingerprint density at radius 2 is 2.04 bits per heavy atom. The molecule has 0 spiro atoms. The maximum atomic E-state index is 11.9. The van der Waals surface area contributed by atoms with Crippen molar-refractivity contribution in [2.75, 3.05) is 25.2 Å².